The number of fused-ring (bicyclic) bond motifs is 7. The van der Waals surface area contributed by atoms with E-state index in [1.807, 2.05) is 13.8 Å². The van der Waals surface area contributed by atoms with Gasteiger partial charge in [-0.15, -0.1) is 0 Å². The van der Waals surface area contributed by atoms with Crippen LogP contribution in [-0.2, 0) is 28.5 Å². The summed E-state index contributed by atoms with van der Waals surface area (Å²) in [5.74, 6) is -0.871. The fourth-order valence-corrected chi connectivity index (χ4v) is 6.56. The van der Waals surface area contributed by atoms with Gasteiger partial charge >= 0.3 is 24.1 Å². The van der Waals surface area contributed by atoms with Gasteiger partial charge in [-0.2, -0.15) is 0 Å². The Bertz CT molecular complexity index is 1700. The highest BCUT2D eigenvalue weighted by molar-refractivity contribution is 5.92. The first-order valence-electron chi connectivity index (χ1n) is 18.7. The Morgan fingerprint density at radius 1 is 0.643 bits per heavy atom. The fourth-order valence-electron chi connectivity index (χ4n) is 6.56. The van der Waals surface area contributed by atoms with Crippen molar-refractivity contribution in [2.45, 2.75) is 118 Å². The third-order valence-electron chi connectivity index (χ3n) is 9.62. The average Bonchev–Trinajstić information content (AvgIpc) is 3.82. The van der Waals surface area contributed by atoms with Crippen LogP contribution in [0.15, 0.2) is 12.1 Å². The van der Waals surface area contributed by atoms with Gasteiger partial charge in [0, 0.05) is 22.3 Å². The van der Waals surface area contributed by atoms with Crippen molar-refractivity contribution >= 4 is 24.1 Å². The molecule has 2 N–H and O–H groups in total. The number of benzene rings is 2. The summed E-state index contributed by atoms with van der Waals surface area (Å²) in [6.07, 6.45) is -3.45. The van der Waals surface area contributed by atoms with E-state index in [0.717, 1.165) is 0 Å². The van der Waals surface area contributed by atoms with Crippen molar-refractivity contribution in [2.24, 2.45) is 11.8 Å². The third kappa shape index (κ3) is 8.73. The molecule has 6 atom stereocenters. The number of alkyl carbamates (subject to hydrolysis) is 2. The van der Waals surface area contributed by atoms with Crippen LogP contribution in [0.2, 0.25) is 0 Å². The molecule has 0 aromatic heterocycles. The lowest BCUT2D eigenvalue weighted by atomic mass is 9.79. The van der Waals surface area contributed by atoms with Crippen molar-refractivity contribution in [3.8, 4) is 45.6 Å². The van der Waals surface area contributed by atoms with Gasteiger partial charge in [-0.3, -0.25) is 0 Å². The first-order chi connectivity index (χ1) is 26.3. The van der Waals surface area contributed by atoms with Crippen molar-refractivity contribution in [3.63, 3.8) is 0 Å². The van der Waals surface area contributed by atoms with Gasteiger partial charge in [0.05, 0.1) is 14.2 Å². The molecule has 2 amide bonds. The highest BCUT2D eigenvalue weighted by Gasteiger charge is 2.48. The lowest BCUT2D eigenvalue weighted by Gasteiger charge is -2.37. The van der Waals surface area contributed by atoms with Crippen LogP contribution in [0.1, 0.15) is 105 Å². The zero-order valence-electron chi connectivity index (χ0n) is 34.2. The summed E-state index contributed by atoms with van der Waals surface area (Å²) in [6.45, 7) is 17.3. The van der Waals surface area contributed by atoms with Crippen LogP contribution in [0.3, 0.4) is 0 Å². The molecule has 16 heteroatoms. The smallest absolute Gasteiger partial charge is 0.408 e. The first kappa shape index (κ1) is 41.9. The minimum absolute atomic E-state index is 0.140. The van der Waals surface area contributed by atoms with Gasteiger partial charge in [-0.25, -0.2) is 19.2 Å². The molecule has 2 aliphatic heterocycles. The molecule has 308 valence electrons. The molecule has 0 radical (unpaired) electrons. The second-order valence-corrected chi connectivity index (χ2v) is 15.9. The van der Waals surface area contributed by atoms with Crippen molar-refractivity contribution in [2.75, 3.05) is 27.8 Å². The predicted molar refractivity (Wildman–Crippen MR) is 200 cm³/mol. The van der Waals surface area contributed by atoms with Crippen LogP contribution < -0.4 is 39.1 Å². The summed E-state index contributed by atoms with van der Waals surface area (Å²) in [6, 6.07) is 0.864. The summed E-state index contributed by atoms with van der Waals surface area (Å²) in [5, 5.41) is 5.36. The van der Waals surface area contributed by atoms with Crippen molar-refractivity contribution in [3.05, 3.63) is 23.3 Å². The number of ether oxygens (including phenoxy) is 10. The van der Waals surface area contributed by atoms with Gasteiger partial charge in [-0.05, 0) is 65.5 Å². The van der Waals surface area contributed by atoms with E-state index in [2.05, 4.69) is 10.6 Å². The van der Waals surface area contributed by atoms with Crippen molar-refractivity contribution < 1.29 is 66.5 Å². The molecule has 5 rings (SSSR count). The van der Waals surface area contributed by atoms with Gasteiger partial charge in [0.15, 0.2) is 35.2 Å². The third-order valence-corrected chi connectivity index (χ3v) is 9.62. The molecule has 0 spiro atoms. The molecule has 1 aliphatic carbocycles. The van der Waals surface area contributed by atoms with Gasteiger partial charge in [0.25, 0.3) is 0 Å². The van der Waals surface area contributed by atoms with E-state index in [4.69, 9.17) is 47.4 Å². The highest BCUT2D eigenvalue weighted by Crippen LogP contribution is 2.63. The maximum atomic E-state index is 14.5. The Labute approximate surface area is 327 Å². The number of carbonyl (C=O) groups is 4. The lowest BCUT2D eigenvalue weighted by Crippen LogP contribution is -2.49. The molecule has 0 saturated carbocycles. The van der Waals surface area contributed by atoms with E-state index >= 15 is 0 Å². The normalized spacial score (nSPS) is 18.6. The van der Waals surface area contributed by atoms with Crippen LogP contribution in [0.5, 0.6) is 34.5 Å². The minimum Gasteiger partial charge on any atom is -0.493 e. The second-order valence-electron chi connectivity index (χ2n) is 15.9. The molecule has 6 unspecified atom stereocenters. The Morgan fingerprint density at radius 3 is 1.29 bits per heavy atom. The van der Waals surface area contributed by atoms with E-state index < -0.39 is 71.5 Å². The number of hydrogen-bond donors (Lipinski definition) is 2. The standard InChI is InChI=1S/C40H54N2O14/c1-13-19(3)27(41-37(45)55-39(5,6)7)35(43)53-29-21-15-23(47-11)31-33(51-17-49-31)25(21)26-22(16-24(48-12)32-34(26)52-18-50-32)30(29)54-36(44)28(20(4)14-2)42-38(46)56-40(8,9)10/h15-16,19-20,27-30H,13-14,17-18H2,1-12H3,(H,41,45)(H,42,46). The lowest BCUT2D eigenvalue weighted by molar-refractivity contribution is -0.174. The molecule has 0 fully saturated rings. The SMILES string of the molecule is CCC(C)C(NC(=O)OC(C)(C)C)C(=O)OC1c2cc(OC)c3c(c2-c2c(cc(OC)c4c2OCO4)C1OC(=O)C(NC(=O)OC(C)(C)C)C(C)CC)OCO3. The molecule has 2 aromatic rings. The zero-order chi connectivity index (χ0) is 41.3. The van der Waals surface area contributed by atoms with Crippen LogP contribution >= 0.6 is 0 Å². The van der Waals surface area contributed by atoms with E-state index in [0.29, 0.717) is 46.6 Å². The summed E-state index contributed by atoms with van der Waals surface area (Å²) < 4.78 is 59.0. The summed E-state index contributed by atoms with van der Waals surface area (Å²) in [5.41, 5.74) is -0.242. The number of amides is 2. The maximum absolute atomic E-state index is 14.5. The molecule has 16 nitrogen and oxygen atoms in total. The second kappa shape index (κ2) is 16.4. The summed E-state index contributed by atoms with van der Waals surface area (Å²) in [4.78, 5) is 55.0. The van der Waals surface area contributed by atoms with Crippen LogP contribution in [0.4, 0.5) is 9.59 Å². The molecule has 56 heavy (non-hydrogen) atoms. The average molecular weight is 787 g/mol. The predicted octanol–water partition coefficient (Wildman–Crippen LogP) is 6.89. The maximum Gasteiger partial charge on any atom is 0.408 e. The Balaban J connectivity index is 1.70. The summed E-state index contributed by atoms with van der Waals surface area (Å²) >= 11 is 0. The molecular weight excluding hydrogens is 732 g/mol. The molecule has 2 aromatic carbocycles. The Hall–Kier alpha value is -5.28. The quantitative estimate of drug-likeness (QED) is 0.167. The van der Waals surface area contributed by atoms with Gasteiger partial charge < -0.3 is 58.0 Å². The van der Waals surface area contributed by atoms with Crippen molar-refractivity contribution in [1.82, 2.24) is 10.6 Å². The Kier molecular flexibility index (Phi) is 12.3. The monoisotopic (exact) mass is 786 g/mol. The van der Waals surface area contributed by atoms with E-state index in [1.54, 1.807) is 67.5 Å². The molecule has 0 bridgehead atoms. The number of rotatable bonds is 12. The van der Waals surface area contributed by atoms with Gasteiger partial charge in [0.1, 0.15) is 23.3 Å². The Morgan fingerprint density at radius 2 is 0.982 bits per heavy atom. The number of carbonyl (C=O) groups excluding carboxylic acids is 4. The topological polar surface area (TPSA) is 185 Å². The largest absolute Gasteiger partial charge is 0.493 e. The summed E-state index contributed by atoms with van der Waals surface area (Å²) in [7, 11) is 2.89. The van der Waals surface area contributed by atoms with E-state index in [9.17, 15) is 19.2 Å². The number of esters is 2. The van der Waals surface area contributed by atoms with Crippen LogP contribution in [-0.4, -0.2) is 75.2 Å². The highest BCUT2D eigenvalue weighted by atomic mass is 16.7. The van der Waals surface area contributed by atoms with Crippen LogP contribution in [0.25, 0.3) is 11.1 Å². The molecule has 3 aliphatic rings. The first-order valence-corrected chi connectivity index (χ1v) is 18.7. The zero-order valence-corrected chi connectivity index (χ0v) is 34.2. The molecule has 2 heterocycles. The minimum atomic E-state index is -1.39. The molecule has 0 saturated heterocycles. The van der Waals surface area contributed by atoms with Crippen LogP contribution in [0, 0.1) is 11.8 Å². The number of nitrogens with one attached hydrogen (secondary N) is 2. The number of methoxy groups -OCH3 is 2. The molecular formula is C40H54N2O14. The van der Waals surface area contributed by atoms with E-state index in [-0.39, 0.29) is 36.6 Å². The fraction of sp³-hybridized carbons (Fsp3) is 0.600. The van der Waals surface area contributed by atoms with E-state index in [1.165, 1.54) is 14.2 Å². The van der Waals surface area contributed by atoms with Gasteiger partial charge in [-0.1, -0.05) is 40.5 Å². The van der Waals surface area contributed by atoms with Crippen molar-refractivity contribution in [1.29, 1.82) is 0 Å². The number of hydrogen-bond acceptors (Lipinski definition) is 14. The van der Waals surface area contributed by atoms with Gasteiger partial charge in [0.2, 0.25) is 25.1 Å².